The number of fused-ring (bicyclic) bond motifs is 17. The first kappa shape index (κ1) is 32.1. The second-order valence-corrected chi connectivity index (χ2v) is 17.7. The average Bonchev–Trinajstić information content (AvgIpc) is 3.94. The Balaban J connectivity index is 0.965. The van der Waals surface area contributed by atoms with Crippen LogP contribution in [0.4, 0.5) is 0 Å². The number of allylic oxidation sites excluding steroid dienone is 3. The summed E-state index contributed by atoms with van der Waals surface area (Å²) in [5.74, 6) is 2.21. The zero-order valence-corrected chi connectivity index (χ0v) is 32.8. The van der Waals surface area contributed by atoms with Crippen LogP contribution in [0.2, 0.25) is 0 Å². The summed E-state index contributed by atoms with van der Waals surface area (Å²) >= 11 is 2.00. The van der Waals surface area contributed by atoms with Crippen LogP contribution in [0.5, 0.6) is 11.5 Å². The molecule has 59 heavy (non-hydrogen) atoms. The van der Waals surface area contributed by atoms with E-state index in [1.165, 1.54) is 104 Å². The highest BCUT2D eigenvalue weighted by Gasteiger charge is 2.52. The number of benzene rings is 9. The molecule has 0 aromatic heterocycles. The summed E-state index contributed by atoms with van der Waals surface area (Å²) in [6, 6.07) is 66.0. The Morgan fingerprint density at radius 2 is 1.17 bits per heavy atom. The Morgan fingerprint density at radius 3 is 2.08 bits per heavy atom. The lowest BCUT2D eigenvalue weighted by Crippen LogP contribution is -2.25. The van der Waals surface area contributed by atoms with Gasteiger partial charge in [-0.2, -0.15) is 0 Å². The Kier molecular flexibility index (Phi) is 6.33. The van der Waals surface area contributed by atoms with Crippen molar-refractivity contribution in [3.05, 3.63) is 228 Å². The van der Waals surface area contributed by atoms with Crippen molar-refractivity contribution in [2.75, 3.05) is 0 Å². The van der Waals surface area contributed by atoms with Crippen LogP contribution in [0.15, 0.2) is 199 Å². The van der Waals surface area contributed by atoms with E-state index >= 15 is 0 Å². The zero-order chi connectivity index (χ0) is 38.4. The highest BCUT2D eigenvalue weighted by atomic mass is 32.2. The Bertz CT molecular complexity index is 3420. The summed E-state index contributed by atoms with van der Waals surface area (Å²) in [5.41, 5.74) is 19.3. The summed E-state index contributed by atoms with van der Waals surface area (Å²) in [4.78, 5) is 1.39. The van der Waals surface area contributed by atoms with Crippen LogP contribution in [0.1, 0.15) is 39.3 Å². The smallest absolute Gasteiger partial charge is 0.135 e. The van der Waals surface area contributed by atoms with Gasteiger partial charge in [0.2, 0.25) is 0 Å². The van der Waals surface area contributed by atoms with Gasteiger partial charge in [0.15, 0.2) is 0 Å². The minimum absolute atomic E-state index is 0.360. The van der Waals surface area contributed by atoms with Crippen molar-refractivity contribution in [3.8, 4) is 56.0 Å². The van der Waals surface area contributed by atoms with Gasteiger partial charge in [0, 0.05) is 27.0 Å². The van der Waals surface area contributed by atoms with Gasteiger partial charge in [0.1, 0.15) is 11.5 Å². The molecular formula is C57H34OS. The quantitative estimate of drug-likeness (QED) is 0.173. The molecule has 1 nitrogen and oxygen atoms in total. The predicted molar refractivity (Wildman–Crippen MR) is 245 cm³/mol. The van der Waals surface area contributed by atoms with Gasteiger partial charge in [-0.3, -0.25) is 0 Å². The highest BCUT2D eigenvalue weighted by molar-refractivity contribution is 8.00. The SMILES string of the molecule is C1=CC2c3ccccc3SC2C(c2ccc3c(c2)-c2cccc4c(-c5cccc6c5-c5ccccc5C65c6ccccc6-c6c5ccc5ccccc65)ccc(c24)O3)=C1. The molecule has 2 heterocycles. The first-order chi connectivity index (χ1) is 29.3. The Labute approximate surface area is 347 Å². The van der Waals surface area contributed by atoms with Gasteiger partial charge in [-0.05, 0) is 118 Å². The van der Waals surface area contributed by atoms with E-state index in [-0.39, 0.29) is 0 Å². The molecule has 3 aliphatic carbocycles. The van der Waals surface area contributed by atoms with Crippen LogP contribution in [-0.4, -0.2) is 5.25 Å². The van der Waals surface area contributed by atoms with Crippen molar-refractivity contribution in [2.24, 2.45) is 0 Å². The summed E-state index contributed by atoms with van der Waals surface area (Å²) in [7, 11) is 0. The van der Waals surface area contributed by atoms with E-state index in [9.17, 15) is 0 Å². The van der Waals surface area contributed by atoms with Gasteiger partial charge in [0.05, 0.1) is 5.41 Å². The first-order valence-corrected chi connectivity index (χ1v) is 21.5. The first-order valence-electron chi connectivity index (χ1n) is 20.7. The number of hydrogen-bond donors (Lipinski definition) is 0. The van der Waals surface area contributed by atoms with Crippen LogP contribution in [0.25, 0.3) is 71.6 Å². The van der Waals surface area contributed by atoms with Crippen molar-refractivity contribution in [2.45, 2.75) is 21.5 Å². The highest BCUT2D eigenvalue weighted by Crippen LogP contribution is 2.65. The standard InChI is InChI=1S/C57H34OS/c1-2-13-35-33(12-1)26-29-49-53(35)43-15-3-6-22-46(43)57(49)47-23-7-4-16-44(47)54-39(20-11-24-48(54)57)37-28-31-51-55-40(37)18-10-19-41(55)45-32-34(27-30-50(45)58-51)36-17-9-21-42-38-14-5-8-25-52(38)59-56(36)42/h1-32,42,56H. The molecule has 3 atom stereocenters. The lowest BCUT2D eigenvalue weighted by Gasteiger charge is -2.30. The topological polar surface area (TPSA) is 9.23 Å². The molecule has 0 amide bonds. The van der Waals surface area contributed by atoms with E-state index in [4.69, 9.17) is 4.74 Å². The van der Waals surface area contributed by atoms with E-state index < -0.39 is 5.41 Å². The van der Waals surface area contributed by atoms with E-state index in [1.807, 2.05) is 11.8 Å². The third kappa shape index (κ3) is 4.07. The molecule has 2 heteroatoms. The van der Waals surface area contributed by atoms with Crippen LogP contribution in [-0.2, 0) is 5.41 Å². The maximum atomic E-state index is 6.82. The summed E-state index contributed by atoms with van der Waals surface area (Å²) in [6.45, 7) is 0. The minimum Gasteiger partial charge on any atom is -0.456 e. The zero-order valence-electron chi connectivity index (χ0n) is 31.9. The molecule has 5 aliphatic rings. The molecular weight excluding hydrogens is 733 g/mol. The molecule has 0 radical (unpaired) electrons. The summed E-state index contributed by atoms with van der Waals surface area (Å²) in [6.07, 6.45) is 6.95. The fourth-order valence-electron chi connectivity index (χ4n) is 11.6. The maximum absolute atomic E-state index is 6.82. The molecule has 9 aromatic carbocycles. The molecule has 0 saturated heterocycles. The van der Waals surface area contributed by atoms with Crippen molar-refractivity contribution in [1.29, 1.82) is 0 Å². The van der Waals surface area contributed by atoms with Crippen LogP contribution < -0.4 is 4.74 Å². The lowest BCUT2D eigenvalue weighted by atomic mass is 9.70. The third-order valence-electron chi connectivity index (χ3n) is 13.9. The number of ether oxygens (including phenoxy) is 1. The lowest BCUT2D eigenvalue weighted by molar-refractivity contribution is 0.487. The van der Waals surface area contributed by atoms with Gasteiger partial charge in [-0.15, -0.1) is 11.8 Å². The van der Waals surface area contributed by atoms with Crippen LogP contribution >= 0.6 is 11.8 Å². The predicted octanol–water partition coefficient (Wildman–Crippen LogP) is 15.0. The Morgan fingerprint density at radius 1 is 0.475 bits per heavy atom. The summed E-state index contributed by atoms with van der Waals surface area (Å²) in [5, 5.41) is 5.33. The van der Waals surface area contributed by atoms with Crippen molar-refractivity contribution in [3.63, 3.8) is 0 Å². The van der Waals surface area contributed by atoms with E-state index in [2.05, 4.69) is 194 Å². The molecule has 1 spiro atoms. The molecule has 274 valence electrons. The van der Waals surface area contributed by atoms with Crippen molar-refractivity contribution >= 4 is 38.9 Å². The largest absolute Gasteiger partial charge is 0.456 e. The second kappa shape index (κ2) is 11.6. The van der Waals surface area contributed by atoms with Crippen molar-refractivity contribution < 1.29 is 4.74 Å². The molecule has 0 bridgehead atoms. The number of hydrogen-bond acceptors (Lipinski definition) is 2. The fraction of sp³-hybridized carbons (Fsp3) is 0.0526. The minimum atomic E-state index is -0.427. The summed E-state index contributed by atoms with van der Waals surface area (Å²) < 4.78 is 6.82. The molecule has 14 rings (SSSR count). The number of thioether (sulfide) groups is 1. The van der Waals surface area contributed by atoms with Crippen LogP contribution in [0.3, 0.4) is 0 Å². The monoisotopic (exact) mass is 766 g/mol. The van der Waals surface area contributed by atoms with Gasteiger partial charge < -0.3 is 4.74 Å². The molecule has 2 aliphatic heterocycles. The number of rotatable bonds is 2. The normalized spacial score (nSPS) is 19.4. The van der Waals surface area contributed by atoms with Crippen molar-refractivity contribution in [1.82, 2.24) is 0 Å². The van der Waals surface area contributed by atoms with E-state index in [0.29, 0.717) is 11.2 Å². The van der Waals surface area contributed by atoms with Gasteiger partial charge in [-0.25, -0.2) is 0 Å². The van der Waals surface area contributed by atoms with Gasteiger partial charge in [0.25, 0.3) is 0 Å². The van der Waals surface area contributed by atoms with Gasteiger partial charge >= 0.3 is 0 Å². The maximum Gasteiger partial charge on any atom is 0.135 e. The van der Waals surface area contributed by atoms with Crippen LogP contribution in [0, 0.1) is 0 Å². The van der Waals surface area contributed by atoms with E-state index in [0.717, 1.165) is 17.1 Å². The fourth-order valence-corrected chi connectivity index (χ4v) is 13.1. The van der Waals surface area contributed by atoms with E-state index in [1.54, 1.807) is 0 Å². The molecule has 0 N–H and O–H groups in total. The molecule has 9 aromatic rings. The molecule has 0 fully saturated rings. The molecule has 3 unspecified atom stereocenters. The second-order valence-electron chi connectivity index (χ2n) is 16.5. The molecule has 0 saturated carbocycles. The van der Waals surface area contributed by atoms with Gasteiger partial charge in [-0.1, -0.05) is 170 Å². The Hall–Kier alpha value is -6.87. The third-order valence-corrected chi connectivity index (χ3v) is 15.3. The average molecular weight is 767 g/mol.